The Hall–Kier alpha value is -2.22. The van der Waals surface area contributed by atoms with E-state index in [1.54, 1.807) is 0 Å². The molecule has 0 radical (unpaired) electrons. The number of hydrogen-bond acceptors (Lipinski definition) is 4. The number of sulfonamides is 1. The van der Waals surface area contributed by atoms with Gasteiger partial charge >= 0.3 is 0 Å². The maximum Gasteiger partial charge on any atom is 0.264 e. The molecular weight excluding hydrogens is 261 g/mol. The zero-order valence-electron chi connectivity index (χ0n) is 8.92. The Balaban J connectivity index is 2.33. The minimum atomic E-state index is -3.90. The summed E-state index contributed by atoms with van der Waals surface area (Å²) in [6.07, 6.45) is 1.05. The Morgan fingerprint density at radius 2 is 2.00 bits per heavy atom. The largest absolute Gasteiger partial charge is 0.328 e. The molecule has 6 nitrogen and oxygen atoms in total. The number of rotatable bonds is 3. The highest BCUT2D eigenvalue weighted by atomic mass is 32.2. The minimum absolute atomic E-state index is 0.138. The topological polar surface area (TPSA) is 91.9 Å². The van der Waals surface area contributed by atoms with Crippen LogP contribution in [-0.2, 0) is 10.0 Å². The average molecular weight is 269 g/mol. The maximum atomic E-state index is 12.8. The molecule has 0 bridgehead atoms. The Bertz CT molecular complexity index is 707. The highest BCUT2D eigenvalue weighted by Crippen LogP contribution is 2.12. The van der Waals surface area contributed by atoms with Crippen molar-refractivity contribution in [3.05, 3.63) is 52.8 Å². The molecule has 0 aliphatic carbocycles. The van der Waals surface area contributed by atoms with E-state index in [0.717, 1.165) is 24.4 Å². The second-order valence-electron chi connectivity index (χ2n) is 3.34. The first-order valence-electron chi connectivity index (χ1n) is 4.81. The van der Waals surface area contributed by atoms with Crippen LogP contribution in [0.5, 0.6) is 0 Å². The summed E-state index contributed by atoms with van der Waals surface area (Å²) >= 11 is 0. The number of H-pyrrole nitrogens is 1. The van der Waals surface area contributed by atoms with E-state index >= 15 is 0 Å². The van der Waals surface area contributed by atoms with Crippen molar-refractivity contribution >= 4 is 15.8 Å². The lowest BCUT2D eigenvalue weighted by molar-refractivity contribution is 0.584. The molecule has 0 fully saturated rings. The third kappa shape index (κ3) is 2.72. The summed E-state index contributed by atoms with van der Waals surface area (Å²) in [5.41, 5.74) is -0.419. The number of pyridine rings is 2. The molecular formula is C10H8FN3O3S. The summed E-state index contributed by atoms with van der Waals surface area (Å²) in [6, 6.07) is 5.95. The lowest BCUT2D eigenvalue weighted by Crippen LogP contribution is -2.16. The van der Waals surface area contributed by atoms with E-state index in [2.05, 4.69) is 14.7 Å². The van der Waals surface area contributed by atoms with Crippen LogP contribution in [0.4, 0.5) is 10.2 Å². The minimum Gasteiger partial charge on any atom is -0.328 e. The normalized spacial score (nSPS) is 11.2. The smallest absolute Gasteiger partial charge is 0.264 e. The number of hydrogen-bond donors (Lipinski definition) is 2. The molecule has 18 heavy (non-hydrogen) atoms. The van der Waals surface area contributed by atoms with Gasteiger partial charge in [0.05, 0.1) is 0 Å². The molecule has 2 aromatic rings. The van der Waals surface area contributed by atoms with Crippen LogP contribution < -0.4 is 10.3 Å². The van der Waals surface area contributed by atoms with Crippen molar-refractivity contribution < 1.29 is 12.8 Å². The van der Waals surface area contributed by atoms with Gasteiger partial charge in [-0.05, 0) is 18.2 Å². The van der Waals surface area contributed by atoms with Crippen LogP contribution in [0, 0.1) is 5.95 Å². The molecule has 0 amide bonds. The number of anilines is 1. The van der Waals surface area contributed by atoms with Crippen molar-refractivity contribution in [2.75, 3.05) is 4.72 Å². The number of nitrogens with one attached hydrogen (secondary N) is 2. The van der Waals surface area contributed by atoms with Crippen molar-refractivity contribution in [1.29, 1.82) is 0 Å². The van der Waals surface area contributed by atoms with Gasteiger partial charge < -0.3 is 4.98 Å². The van der Waals surface area contributed by atoms with E-state index < -0.39 is 21.5 Å². The average Bonchev–Trinajstić information content (AvgIpc) is 2.29. The molecule has 0 aliphatic rings. The Kier molecular flexibility index (Phi) is 3.11. The van der Waals surface area contributed by atoms with E-state index in [1.807, 2.05) is 0 Å². The highest BCUT2D eigenvalue weighted by Gasteiger charge is 2.14. The monoisotopic (exact) mass is 269 g/mol. The molecule has 0 aromatic carbocycles. The second kappa shape index (κ2) is 4.57. The number of aromatic amines is 1. The molecule has 2 N–H and O–H groups in total. The Morgan fingerprint density at radius 1 is 1.22 bits per heavy atom. The van der Waals surface area contributed by atoms with Gasteiger partial charge in [-0.2, -0.15) is 4.39 Å². The fourth-order valence-corrected chi connectivity index (χ4v) is 2.19. The van der Waals surface area contributed by atoms with Crippen molar-refractivity contribution in [1.82, 2.24) is 9.97 Å². The summed E-state index contributed by atoms with van der Waals surface area (Å²) < 4.78 is 38.6. The molecule has 0 aliphatic heterocycles. The van der Waals surface area contributed by atoms with E-state index in [4.69, 9.17) is 0 Å². The van der Waals surface area contributed by atoms with Gasteiger partial charge in [0.1, 0.15) is 10.7 Å². The van der Waals surface area contributed by atoms with Gasteiger partial charge in [-0.15, -0.1) is 0 Å². The van der Waals surface area contributed by atoms with Crippen molar-refractivity contribution in [2.24, 2.45) is 0 Å². The first-order chi connectivity index (χ1) is 8.47. The van der Waals surface area contributed by atoms with Gasteiger partial charge in [-0.25, -0.2) is 13.4 Å². The molecule has 8 heteroatoms. The van der Waals surface area contributed by atoms with Gasteiger partial charge in [0.15, 0.2) is 0 Å². The van der Waals surface area contributed by atoms with E-state index in [1.165, 1.54) is 12.1 Å². The number of aromatic nitrogens is 2. The third-order valence-electron chi connectivity index (χ3n) is 2.02. The fraction of sp³-hybridized carbons (Fsp3) is 0. The Morgan fingerprint density at radius 3 is 2.61 bits per heavy atom. The lowest BCUT2D eigenvalue weighted by Gasteiger charge is -2.06. The zero-order chi connectivity index (χ0) is 13.2. The first kappa shape index (κ1) is 12.2. The van der Waals surface area contributed by atoms with Crippen molar-refractivity contribution in [2.45, 2.75) is 4.90 Å². The fourth-order valence-electron chi connectivity index (χ4n) is 1.23. The Labute approximate surface area is 102 Å². The standard InChI is InChI=1S/C10H8FN3O3S/c11-8-2-1-3-9(13-8)14-18(16,17)7-4-5-10(15)12-6-7/h1-6H,(H,12,15)(H,13,14). The molecule has 0 unspecified atom stereocenters. The molecule has 2 heterocycles. The van der Waals surface area contributed by atoms with Gasteiger partial charge in [0, 0.05) is 12.3 Å². The molecule has 0 saturated heterocycles. The van der Waals surface area contributed by atoms with Crippen molar-refractivity contribution in [3.8, 4) is 0 Å². The summed E-state index contributed by atoms with van der Waals surface area (Å²) in [4.78, 5) is 16.3. The summed E-state index contributed by atoms with van der Waals surface area (Å²) in [7, 11) is -3.90. The van der Waals surface area contributed by atoms with Crippen LogP contribution in [-0.4, -0.2) is 18.4 Å². The van der Waals surface area contributed by atoms with Crippen LogP contribution in [0.25, 0.3) is 0 Å². The summed E-state index contributed by atoms with van der Waals surface area (Å²) in [6.45, 7) is 0. The predicted molar refractivity (Wildman–Crippen MR) is 62.1 cm³/mol. The van der Waals surface area contributed by atoms with Crippen LogP contribution in [0.1, 0.15) is 0 Å². The first-order valence-corrected chi connectivity index (χ1v) is 6.30. The second-order valence-corrected chi connectivity index (χ2v) is 5.02. The molecule has 2 aromatic heterocycles. The predicted octanol–water partition coefficient (Wildman–Crippen LogP) is 0.710. The van der Waals surface area contributed by atoms with Gasteiger partial charge in [-0.1, -0.05) is 6.07 Å². The quantitative estimate of drug-likeness (QED) is 0.803. The molecule has 0 atom stereocenters. The van der Waals surface area contributed by atoms with E-state index in [-0.39, 0.29) is 10.7 Å². The van der Waals surface area contributed by atoms with Crippen LogP contribution in [0.15, 0.2) is 46.2 Å². The lowest BCUT2D eigenvalue weighted by atomic mass is 10.5. The van der Waals surface area contributed by atoms with Crippen LogP contribution in [0.2, 0.25) is 0 Å². The molecule has 0 saturated carbocycles. The third-order valence-corrected chi connectivity index (χ3v) is 3.37. The summed E-state index contributed by atoms with van der Waals surface area (Å²) in [5.74, 6) is -0.933. The number of nitrogens with zero attached hydrogens (tertiary/aromatic N) is 1. The molecule has 0 spiro atoms. The highest BCUT2D eigenvalue weighted by molar-refractivity contribution is 7.92. The van der Waals surface area contributed by atoms with Crippen LogP contribution in [0.3, 0.4) is 0 Å². The maximum absolute atomic E-state index is 12.8. The van der Waals surface area contributed by atoms with Crippen molar-refractivity contribution in [3.63, 3.8) is 0 Å². The van der Waals surface area contributed by atoms with Gasteiger partial charge in [0.25, 0.3) is 10.0 Å². The van der Waals surface area contributed by atoms with Gasteiger partial charge in [0.2, 0.25) is 11.5 Å². The number of halogens is 1. The molecule has 94 valence electrons. The van der Waals surface area contributed by atoms with E-state index in [9.17, 15) is 17.6 Å². The summed E-state index contributed by atoms with van der Waals surface area (Å²) in [5, 5.41) is 0. The van der Waals surface area contributed by atoms with Crippen LogP contribution >= 0.6 is 0 Å². The van der Waals surface area contributed by atoms with Gasteiger partial charge in [-0.3, -0.25) is 9.52 Å². The SMILES string of the molecule is O=c1ccc(S(=O)(=O)Nc2cccc(F)n2)c[nH]1. The zero-order valence-corrected chi connectivity index (χ0v) is 9.74. The van der Waals surface area contributed by atoms with E-state index in [0.29, 0.717) is 0 Å². The molecule has 2 rings (SSSR count).